The van der Waals surface area contributed by atoms with E-state index < -0.39 is 0 Å². The second kappa shape index (κ2) is 4.65. The van der Waals surface area contributed by atoms with E-state index in [1.54, 1.807) is 11.3 Å². The maximum Gasteiger partial charge on any atom is 0.0710 e. The number of hydrogen-bond acceptors (Lipinski definition) is 2. The van der Waals surface area contributed by atoms with E-state index >= 15 is 0 Å². The monoisotopic (exact) mass is 230 g/mol. The molecule has 1 aliphatic heterocycles. The van der Waals surface area contributed by atoms with Crippen LogP contribution in [0.4, 0.5) is 0 Å². The van der Waals surface area contributed by atoms with Crippen molar-refractivity contribution in [3.05, 3.63) is 22.4 Å². The molecular formula is C11H15ClOS. The molecule has 78 valence electrons. The molecule has 0 radical (unpaired) electrons. The van der Waals surface area contributed by atoms with E-state index in [0.29, 0.717) is 11.8 Å². The minimum absolute atomic E-state index is 0.175. The summed E-state index contributed by atoms with van der Waals surface area (Å²) >= 11 is 8.23. The molecular weight excluding hydrogens is 216 g/mol. The quantitative estimate of drug-likeness (QED) is 0.704. The van der Waals surface area contributed by atoms with Crippen molar-refractivity contribution in [1.29, 1.82) is 0 Å². The Morgan fingerprint density at radius 2 is 2.50 bits per heavy atom. The minimum atomic E-state index is 0.175. The topological polar surface area (TPSA) is 9.23 Å². The maximum atomic E-state index is 6.48. The Morgan fingerprint density at radius 3 is 3.14 bits per heavy atom. The lowest BCUT2D eigenvalue weighted by Gasteiger charge is -2.31. The number of hydrogen-bond donors (Lipinski definition) is 0. The van der Waals surface area contributed by atoms with E-state index in [2.05, 4.69) is 24.4 Å². The Balaban J connectivity index is 2.06. The van der Waals surface area contributed by atoms with Gasteiger partial charge in [-0.05, 0) is 29.7 Å². The van der Waals surface area contributed by atoms with Gasteiger partial charge in [0.1, 0.15) is 0 Å². The third-order valence-corrected chi connectivity index (χ3v) is 4.54. The Hall–Kier alpha value is -0.0500. The summed E-state index contributed by atoms with van der Waals surface area (Å²) in [5, 5.41) is 2.27. The highest BCUT2D eigenvalue weighted by Gasteiger charge is 2.29. The molecule has 3 atom stereocenters. The lowest BCUT2D eigenvalue weighted by atomic mass is 9.86. The summed E-state index contributed by atoms with van der Waals surface area (Å²) in [6, 6.07) is 4.20. The van der Waals surface area contributed by atoms with Crippen molar-refractivity contribution in [2.45, 2.75) is 18.7 Å². The molecule has 0 amide bonds. The Kier molecular flexibility index (Phi) is 3.47. The lowest BCUT2D eigenvalue weighted by Crippen LogP contribution is -2.27. The van der Waals surface area contributed by atoms with Gasteiger partial charge in [0.25, 0.3) is 0 Å². The highest BCUT2D eigenvalue weighted by molar-refractivity contribution is 7.10. The normalized spacial score (nSPS) is 30.1. The lowest BCUT2D eigenvalue weighted by molar-refractivity contribution is 0.0231. The highest BCUT2D eigenvalue weighted by atomic mass is 35.5. The zero-order valence-electron chi connectivity index (χ0n) is 8.28. The fourth-order valence-corrected chi connectivity index (χ4v) is 3.37. The number of alkyl halides is 1. The molecule has 0 N–H and O–H groups in total. The van der Waals surface area contributed by atoms with Gasteiger partial charge in [-0.1, -0.05) is 13.0 Å². The van der Waals surface area contributed by atoms with Gasteiger partial charge in [0.15, 0.2) is 0 Å². The van der Waals surface area contributed by atoms with Crippen LogP contribution in [0.3, 0.4) is 0 Å². The van der Waals surface area contributed by atoms with Gasteiger partial charge in [-0.25, -0.2) is 0 Å². The maximum absolute atomic E-state index is 6.48. The van der Waals surface area contributed by atoms with Crippen LogP contribution >= 0.6 is 22.9 Å². The second-order valence-corrected chi connectivity index (χ2v) is 5.37. The molecule has 1 nitrogen and oxygen atoms in total. The summed E-state index contributed by atoms with van der Waals surface area (Å²) in [7, 11) is 0. The fourth-order valence-electron chi connectivity index (χ4n) is 1.99. The molecule has 1 aliphatic rings. The standard InChI is InChI=1S/C11H15ClOS/c1-8-7-13-5-4-9(8)11(12)10-3-2-6-14-10/h2-3,6,8-9,11H,4-5,7H2,1H3. The van der Waals surface area contributed by atoms with Crippen LogP contribution in [0.1, 0.15) is 23.6 Å². The van der Waals surface area contributed by atoms with Crippen LogP contribution in [0.25, 0.3) is 0 Å². The fraction of sp³-hybridized carbons (Fsp3) is 0.636. The predicted octanol–water partition coefficient (Wildman–Crippen LogP) is 3.70. The first-order valence-electron chi connectivity index (χ1n) is 5.04. The Morgan fingerprint density at radius 1 is 1.64 bits per heavy atom. The van der Waals surface area contributed by atoms with Gasteiger partial charge in [-0.3, -0.25) is 0 Å². The van der Waals surface area contributed by atoms with Crippen molar-refractivity contribution in [3.63, 3.8) is 0 Å². The molecule has 3 heteroatoms. The summed E-state index contributed by atoms with van der Waals surface area (Å²) in [5.41, 5.74) is 0. The molecule has 1 aromatic heterocycles. The van der Waals surface area contributed by atoms with E-state index in [9.17, 15) is 0 Å². The Bertz CT molecular complexity index is 273. The van der Waals surface area contributed by atoms with E-state index in [1.807, 2.05) is 0 Å². The molecule has 1 fully saturated rings. The van der Waals surface area contributed by atoms with Gasteiger partial charge < -0.3 is 4.74 Å². The molecule has 14 heavy (non-hydrogen) atoms. The van der Waals surface area contributed by atoms with E-state index in [4.69, 9.17) is 16.3 Å². The molecule has 2 heterocycles. The molecule has 0 aromatic carbocycles. The SMILES string of the molecule is CC1COCCC1C(Cl)c1cccs1. The molecule has 0 aliphatic carbocycles. The molecule has 3 unspecified atom stereocenters. The van der Waals surface area contributed by atoms with Crippen LogP contribution in [0.5, 0.6) is 0 Å². The van der Waals surface area contributed by atoms with Crippen molar-refractivity contribution < 1.29 is 4.74 Å². The highest BCUT2D eigenvalue weighted by Crippen LogP contribution is 2.39. The zero-order chi connectivity index (χ0) is 9.97. The van der Waals surface area contributed by atoms with Crippen molar-refractivity contribution in [3.8, 4) is 0 Å². The van der Waals surface area contributed by atoms with Crippen LogP contribution < -0.4 is 0 Å². The van der Waals surface area contributed by atoms with Gasteiger partial charge in [-0.2, -0.15) is 0 Å². The molecule has 1 saturated heterocycles. The number of rotatable bonds is 2. The number of ether oxygens (including phenoxy) is 1. The summed E-state index contributed by atoms with van der Waals surface area (Å²) in [5.74, 6) is 1.15. The smallest absolute Gasteiger partial charge is 0.0710 e. The van der Waals surface area contributed by atoms with Crippen LogP contribution in [0.15, 0.2) is 17.5 Å². The van der Waals surface area contributed by atoms with Gasteiger partial charge in [0.2, 0.25) is 0 Å². The van der Waals surface area contributed by atoms with E-state index in [1.165, 1.54) is 4.88 Å². The summed E-state index contributed by atoms with van der Waals surface area (Å²) in [6.07, 6.45) is 1.09. The minimum Gasteiger partial charge on any atom is -0.381 e. The molecule has 1 aromatic rings. The van der Waals surface area contributed by atoms with E-state index in [0.717, 1.165) is 19.6 Å². The van der Waals surface area contributed by atoms with Crippen molar-refractivity contribution in [2.24, 2.45) is 11.8 Å². The van der Waals surface area contributed by atoms with Crippen molar-refractivity contribution in [1.82, 2.24) is 0 Å². The third kappa shape index (κ3) is 2.13. The first-order chi connectivity index (χ1) is 6.79. The first-order valence-corrected chi connectivity index (χ1v) is 6.36. The predicted molar refractivity (Wildman–Crippen MR) is 61.0 cm³/mol. The number of halogens is 1. The van der Waals surface area contributed by atoms with Crippen LogP contribution in [-0.2, 0) is 4.74 Å². The van der Waals surface area contributed by atoms with Crippen molar-refractivity contribution >= 4 is 22.9 Å². The van der Waals surface area contributed by atoms with E-state index in [-0.39, 0.29) is 5.38 Å². The molecule has 0 bridgehead atoms. The van der Waals surface area contributed by atoms with Gasteiger partial charge in [0, 0.05) is 18.1 Å². The molecule has 2 rings (SSSR count). The average Bonchev–Trinajstić information content (AvgIpc) is 2.70. The zero-order valence-corrected chi connectivity index (χ0v) is 9.85. The second-order valence-electron chi connectivity index (χ2n) is 3.92. The number of thiophene rings is 1. The van der Waals surface area contributed by atoms with Crippen LogP contribution in [0.2, 0.25) is 0 Å². The third-order valence-electron chi connectivity index (χ3n) is 2.90. The average molecular weight is 231 g/mol. The van der Waals surface area contributed by atoms with Gasteiger partial charge >= 0.3 is 0 Å². The molecule has 0 saturated carbocycles. The Labute approximate surface area is 94.0 Å². The van der Waals surface area contributed by atoms with Gasteiger partial charge in [-0.15, -0.1) is 22.9 Å². The summed E-state index contributed by atoms with van der Waals surface area (Å²) < 4.78 is 5.42. The van der Waals surface area contributed by atoms with Crippen molar-refractivity contribution in [2.75, 3.05) is 13.2 Å². The van der Waals surface area contributed by atoms with Crippen LogP contribution in [0, 0.1) is 11.8 Å². The van der Waals surface area contributed by atoms with Crippen LogP contribution in [-0.4, -0.2) is 13.2 Å². The molecule has 0 spiro atoms. The largest absolute Gasteiger partial charge is 0.381 e. The summed E-state index contributed by atoms with van der Waals surface area (Å²) in [6.45, 7) is 3.95. The summed E-state index contributed by atoms with van der Waals surface area (Å²) in [4.78, 5) is 1.30. The first kappa shape index (κ1) is 10.5. The van der Waals surface area contributed by atoms with Gasteiger partial charge in [0.05, 0.1) is 5.38 Å².